The molecule has 33 heavy (non-hydrogen) atoms. The van der Waals surface area contributed by atoms with Gasteiger partial charge in [-0.1, -0.05) is 31.8 Å². The number of carbonyl (C=O) groups excluding carboxylic acids is 2. The lowest BCUT2D eigenvalue weighted by atomic mass is 9.94. The monoisotopic (exact) mass is 490 g/mol. The van der Waals surface area contributed by atoms with Crippen LogP contribution >= 0.6 is 0 Å². The van der Waals surface area contributed by atoms with E-state index in [0.717, 1.165) is 6.04 Å². The molecule has 7 nitrogen and oxygen atoms in total. The summed E-state index contributed by atoms with van der Waals surface area (Å²) in [5.41, 5.74) is -0.218. The van der Waals surface area contributed by atoms with Gasteiger partial charge in [-0.3, -0.25) is 0 Å². The van der Waals surface area contributed by atoms with E-state index in [-0.39, 0.29) is 25.4 Å². The molecule has 1 aromatic carbocycles. The van der Waals surface area contributed by atoms with Crippen LogP contribution in [0, 0.1) is 0 Å². The summed E-state index contributed by atoms with van der Waals surface area (Å²) in [6.07, 6.45) is -6.02. The average molecular weight is 491 g/mol. The Balaban J connectivity index is 2.18. The number of alkyl carbamates (subject to hydrolysis) is 1. The van der Waals surface area contributed by atoms with Crippen molar-refractivity contribution in [1.29, 1.82) is 0 Å². The first-order valence-electron chi connectivity index (χ1n) is 10.8. The number of nitrogens with one attached hydrogen (secondary N) is 1. The van der Waals surface area contributed by atoms with Crippen LogP contribution in [0.5, 0.6) is 5.75 Å². The number of amides is 2. The van der Waals surface area contributed by atoms with Crippen molar-refractivity contribution in [2.24, 2.45) is 0 Å². The van der Waals surface area contributed by atoms with Crippen molar-refractivity contribution < 1.29 is 37.0 Å². The zero-order valence-electron chi connectivity index (χ0n) is 19.9. The second kappa shape index (κ2) is 10.2. The second-order valence-electron chi connectivity index (χ2n) is 10.3. The van der Waals surface area contributed by atoms with E-state index in [1.54, 1.807) is 26.8 Å². The predicted octanol–water partition coefficient (Wildman–Crippen LogP) is 5.35. The van der Waals surface area contributed by atoms with Crippen molar-refractivity contribution >= 4 is 20.3 Å². The molecule has 1 aliphatic rings. The van der Waals surface area contributed by atoms with Gasteiger partial charge in [-0.05, 0) is 44.5 Å². The summed E-state index contributed by atoms with van der Waals surface area (Å²) in [5.74, 6) is -0.842. The number of ether oxygens (including phenoxy) is 3. The van der Waals surface area contributed by atoms with Gasteiger partial charge in [-0.25, -0.2) is 9.59 Å². The van der Waals surface area contributed by atoms with Gasteiger partial charge in [0.25, 0.3) is 0 Å². The molecule has 2 amide bonds. The maximum Gasteiger partial charge on any atom is 0.573 e. The van der Waals surface area contributed by atoms with Gasteiger partial charge in [0, 0.05) is 27.1 Å². The minimum atomic E-state index is -4.82. The topological polar surface area (TPSA) is 77.1 Å². The van der Waals surface area contributed by atoms with E-state index in [2.05, 4.69) is 29.7 Å². The third-order valence-corrected chi connectivity index (χ3v) is 6.58. The molecule has 2 unspecified atom stereocenters. The molecule has 1 N–H and O–H groups in total. The number of hydrogen-bond acceptors (Lipinski definition) is 5. The number of benzene rings is 1. The highest BCUT2D eigenvalue weighted by Gasteiger charge is 2.39. The fraction of sp³-hybridized carbons (Fsp3) is 0.636. The van der Waals surface area contributed by atoms with Crippen LogP contribution in [0.2, 0.25) is 25.7 Å². The minimum Gasteiger partial charge on any atom is -0.450 e. The molecule has 1 aromatic rings. The van der Waals surface area contributed by atoms with E-state index in [1.165, 1.54) is 23.1 Å². The van der Waals surface area contributed by atoms with Crippen molar-refractivity contribution in [3.05, 3.63) is 29.8 Å². The molecule has 11 heteroatoms. The summed E-state index contributed by atoms with van der Waals surface area (Å²) in [4.78, 5) is 26.4. The number of halogens is 3. The van der Waals surface area contributed by atoms with Gasteiger partial charge >= 0.3 is 18.5 Å². The van der Waals surface area contributed by atoms with Crippen LogP contribution in [0.4, 0.5) is 22.8 Å². The largest absolute Gasteiger partial charge is 0.573 e. The molecule has 1 heterocycles. The number of likely N-dealkylation sites (tertiary alicyclic amines) is 1. The summed E-state index contributed by atoms with van der Waals surface area (Å²) >= 11 is 0. The molecule has 0 aliphatic carbocycles. The molecule has 1 saturated heterocycles. The van der Waals surface area contributed by atoms with Gasteiger partial charge in [0.1, 0.15) is 11.4 Å². The zero-order chi connectivity index (χ0) is 25.0. The number of alkyl halides is 3. The third-order valence-electron chi connectivity index (χ3n) is 4.88. The highest BCUT2D eigenvalue weighted by atomic mass is 28.3. The van der Waals surface area contributed by atoms with Gasteiger partial charge in [-0.15, -0.1) is 13.2 Å². The molecule has 0 aromatic heterocycles. The summed E-state index contributed by atoms with van der Waals surface area (Å²) in [6, 6.07) is 5.77. The quantitative estimate of drug-likeness (QED) is 0.544. The van der Waals surface area contributed by atoms with Crippen LogP contribution in [-0.2, 0) is 9.47 Å². The SMILES string of the molecule is CC(C)(C)OC(=O)N1CC(NC(=O)OCC[Si](C)(C)C)C(c2cccc(OC(F)(F)F)c2)C1. The van der Waals surface area contributed by atoms with E-state index in [0.29, 0.717) is 5.56 Å². The molecule has 0 bridgehead atoms. The Hall–Kier alpha value is -2.43. The van der Waals surface area contributed by atoms with Crippen molar-refractivity contribution in [3.8, 4) is 5.75 Å². The van der Waals surface area contributed by atoms with Gasteiger partial charge < -0.3 is 24.4 Å². The van der Waals surface area contributed by atoms with Crippen molar-refractivity contribution in [3.63, 3.8) is 0 Å². The van der Waals surface area contributed by atoms with E-state index in [9.17, 15) is 22.8 Å². The molecule has 1 aliphatic heterocycles. The lowest BCUT2D eigenvalue weighted by molar-refractivity contribution is -0.274. The number of rotatable bonds is 6. The Labute approximate surface area is 193 Å². The van der Waals surface area contributed by atoms with Crippen molar-refractivity contribution in [1.82, 2.24) is 10.2 Å². The molecule has 0 spiro atoms. The van der Waals surface area contributed by atoms with Crippen molar-refractivity contribution in [2.45, 2.75) is 70.4 Å². The standard InChI is InChI=1S/C22H33F3N2O5Si/c1-21(2,3)32-20(29)27-13-17(15-8-7-9-16(12-15)31-22(23,24)25)18(14-27)26-19(28)30-10-11-33(4,5)6/h7-9,12,17-18H,10-11,13-14H2,1-6H3,(H,26,28). The van der Waals surface area contributed by atoms with E-state index in [1.807, 2.05) is 0 Å². The highest BCUT2D eigenvalue weighted by Crippen LogP contribution is 2.32. The smallest absolute Gasteiger partial charge is 0.450 e. The lowest BCUT2D eigenvalue weighted by Crippen LogP contribution is -2.42. The van der Waals surface area contributed by atoms with Gasteiger partial charge in [0.2, 0.25) is 0 Å². The molecular formula is C22H33F3N2O5Si. The average Bonchev–Trinajstić information content (AvgIpc) is 3.02. The van der Waals surface area contributed by atoms with Gasteiger partial charge in [0.15, 0.2) is 0 Å². The first kappa shape index (κ1) is 26.8. The molecule has 186 valence electrons. The summed E-state index contributed by atoms with van der Waals surface area (Å²) < 4.78 is 52.8. The van der Waals surface area contributed by atoms with Crippen molar-refractivity contribution in [2.75, 3.05) is 19.7 Å². The van der Waals surface area contributed by atoms with Crippen LogP contribution in [-0.4, -0.2) is 62.9 Å². The number of hydrogen-bond donors (Lipinski definition) is 1. The number of carbonyl (C=O) groups is 2. The normalized spacial score (nSPS) is 19.2. The predicted molar refractivity (Wildman–Crippen MR) is 120 cm³/mol. The Bertz CT molecular complexity index is 837. The molecular weight excluding hydrogens is 457 g/mol. The molecule has 0 saturated carbocycles. The fourth-order valence-corrected chi connectivity index (χ4v) is 4.06. The second-order valence-corrected chi connectivity index (χ2v) is 15.9. The molecule has 2 rings (SSSR count). The molecule has 1 fully saturated rings. The Morgan fingerprint density at radius 1 is 1.15 bits per heavy atom. The zero-order valence-corrected chi connectivity index (χ0v) is 20.9. The van der Waals surface area contributed by atoms with Crippen LogP contribution in [0.3, 0.4) is 0 Å². The molecule has 2 atom stereocenters. The lowest BCUT2D eigenvalue weighted by Gasteiger charge is -2.24. The van der Waals surface area contributed by atoms with Crippen LogP contribution in [0.25, 0.3) is 0 Å². The maximum atomic E-state index is 12.7. The highest BCUT2D eigenvalue weighted by molar-refractivity contribution is 6.76. The summed E-state index contributed by atoms with van der Waals surface area (Å²) in [7, 11) is -1.39. The fourth-order valence-electron chi connectivity index (χ4n) is 3.35. The summed E-state index contributed by atoms with van der Waals surface area (Å²) in [5, 5.41) is 2.77. The van der Waals surface area contributed by atoms with Gasteiger partial charge in [0.05, 0.1) is 12.6 Å². The number of nitrogens with zero attached hydrogens (tertiary/aromatic N) is 1. The first-order valence-corrected chi connectivity index (χ1v) is 14.5. The summed E-state index contributed by atoms with van der Waals surface area (Å²) in [6.45, 7) is 12.3. The molecule has 0 radical (unpaired) electrons. The minimum absolute atomic E-state index is 0.132. The Morgan fingerprint density at radius 3 is 2.39 bits per heavy atom. The Kier molecular flexibility index (Phi) is 8.31. The van der Waals surface area contributed by atoms with Crippen LogP contribution in [0.15, 0.2) is 24.3 Å². The first-order chi connectivity index (χ1) is 15.0. The third kappa shape index (κ3) is 9.53. The maximum absolute atomic E-state index is 12.7. The van der Waals surface area contributed by atoms with Crippen LogP contribution < -0.4 is 10.1 Å². The van der Waals surface area contributed by atoms with E-state index in [4.69, 9.17) is 9.47 Å². The van der Waals surface area contributed by atoms with E-state index >= 15 is 0 Å². The van der Waals surface area contributed by atoms with E-state index < -0.39 is 44.2 Å². The van der Waals surface area contributed by atoms with Crippen LogP contribution in [0.1, 0.15) is 32.3 Å². The van der Waals surface area contributed by atoms with Gasteiger partial charge in [-0.2, -0.15) is 0 Å². The Morgan fingerprint density at radius 2 is 1.82 bits per heavy atom.